The summed E-state index contributed by atoms with van der Waals surface area (Å²) in [6, 6.07) is 16.4. The maximum absolute atomic E-state index is 12.2. The van der Waals surface area contributed by atoms with E-state index in [1.807, 2.05) is 55.4 Å². The van der Waals surface area contributed by atoms with Gasteiger partial charge in [-0.2, -0.15) is 0 Å². The molecule has 0 aliphatic heterocycles. The van der Waals surface area contributed by atoms with Crippen molar-refractivity contribution < 1.29 is 9.25 Å². The van der Waals surface area contributed by atoms with Crippen LogP contribution in [-0.2, 0) is 4.84 Å². The molecule has 128 valence electrons. The first-order chi connectivity index (χ1) is 12.1. The van der Waals surface area contributed by atoms with Crippen molar-refractivity contribution in [2.45, 2.75) is 0 Å². The van der Waals surface area contributed by atoms with E-state index in [9.17, 15) is 4.79 Å². The first-order valence-electron chi connectivity index (χ1n) is 8.07. The minimum Gasteiger partial charge on any atom is -0.456 e. The molecule has 0 saturated heterocycles. The van der Waals surface area contributed by atoms with E-state index in [-0.39, 0.29) is 5.43 Å². The van der Waals surface area contributed by atoms with E-state index in [4.69, 9.17) is 9.25 Å². The number of rotatable bonds is 6. The van der Waals surface area contributed by atoms with Gasteiger partial charge in [-0.15, -0.1) is 0 Å². The molecule has 0 radical (unpaired) electrons. The van der Waals surface area contributed by atoms with Crippen LogP contribution in [-0.4, -0.2) is 38.4 Å². The van der Waals surface area contributed by atoms with Crippen LogP contribution in [0.1, 0.15) is 5.56 Å². The average Bonchev–Trinajstić information content (AvgIpc) is 2.61. The molecule has 0 N–H and O–H groups in total. The van der Waals surface area contributed by atoms with Gasteiger partial charge in [-0.05, 0) is 37.9 Å². The van der Waals surface area contributed by atoms with Crippen LogP contribution in [0.4, 0.5) is 0 Å². The Bertz CT molecular complexity index is 945. The van der Waals surface area contributed by atoms with E-state index in [0.29, 0.717) is 23.3 Å². The number of hydrogen-bond acceptors (Lipinski definition) is 5. The fourth-order valence-corrected chi connectivity index (χ4v) is 2.39. The molecular weight excluding hydrogens is 316 g/mol. The summed E-state index contributed by atoms with van der Waals surface area (Å²) in [4.78, 5) is 19.5. The van der Waals surface area contributed by atoms with Crippen LogP contribution < -0.4 is 5.43 Å². The molecule has 5 nitrogen and oxygen atoms in total. The van der Waals surface area contributed by atoms with Gasteiger partial charge in [0.2, 0.25) is 0 Å². The Morgan fingerprint density at radius 2 is 1.96 bits per heavy atom. The molecule has 0 bridgehead atoms. The Labute approximate surface area is 146 Å². The summed E-state index contributed by atoms with van der Waals surface area (Å²) in [6.45, 7) is 1.34. The fraction of sp³-hybridized carbons (Fsp3) is 0.200. The van der Waals surface area contributed by atoms with Gasteiger partial charge in [-0.1, -0.05) is 35.5 Å². The molecule has 0 aliphatic rings. The zero-order chi connectivity index (χ0) is 17.6. The van der Waals surface area contributed by atoms with E-state index in [1.54, 1.807) is 18.3 Å². The van der Waals surface area contributed by atoms with Crippen LogP contribution in [0.3, 0.4) is 0 Å². The molecule has 1 aromatic heterocycles. The second-order valence-electron chi connectivity index (χ2n) is 5.97. The lowest BCUT2D eigenvalue weighted by atomic mass is 10.1. The van der Waals surface area contributed by atoms with Gasteiger partial charge >= 0.3 is 0 Å². The molecule has 0 saturated carbocycles. The molecule has 25 heavy (non-hydrogen) atoms. The normalized spacial score (nSPS) is 11.5. The second kappa shape index (κ2) is 7.77. The van der Waals surface area contributed by atoms with E-state index in [1.165, 1.54) is 6.07 Å². The molecule has 3 aromatic rings. The van der Waals surface area contributed by atoms with Gasteiger partial charge in [0.1, 0.15) is 18.0 Å². The highest BCUT2D eigenvalue weighted by atomic mass is 16.6. The maximum Gasteiger partial charge on any atom is 0.193 e. The summed E-state index contributed by atoms with van der Waals surface area (Å²) >= 11 is 0. The van der Waals surface area contributed by atoms with Gasteiger partial charge in [0.25, 0.3) is 0 Å². The molecule has 0 spiro atoms. The standard InChI is InChI=1S/C20H20N2O3/c1-22(2)10-11-24-21-14-15-6-5-7-16(12-15)20-13-18(23)17-8-3-4-9-19(17)25-20/h3-9,12-14H,10-11H2,1-2H3/b21-14+. The first-order valence-corrected chi connectivity index (χ1v) is 8.07. The Balaban J connectivity index is 1.82. The lowest BCUT2D eigenvalue weighted by molar-refractivity contribution is 0.127. The highest BCUT2D eigenvalue weighted by molar-refractivity contribution is 5.83. The van der Waals surface area contributed by atoms with Crippen molar-refractivity contribution >= 4 is 17.2 Å². The van der Waals surface area contributed by atoms with Gasteiger partial charge in [0.15, 0.2) is 5.43 Å². The third-order valence-corrected chi connectivity index (χ3v) is 3.71. The number of fused-ring (bicyclic) bond motifs is 1. The minimum atomic E-state index is -0.0528. The predicted molar refractivity (Wildman–Crippen MR) is 100 cm³/mol. The molecule has 2 aromatic carbocycles. The molecule has 1 heterocycles. The Morgan fingerprint density at radius 1 is 1.12 bits per heavy atom. The summed E-state index contributed by atoms with van der Waals surface area (Å²) < 4.78 is 5.87. The largest absolute Gasteiger partial charge is 0.456 e. The van der Waals surface area contributed by atoms with Crippen molar-refractivity contribution in [1.29, 1.82) is 0 Å². The van der Waals surface area contributed by atoms with Crippen molar-refractivity contribution in [1.82, 2.24) is 4.90 Å². The lowest BCUT2D eigenvalue weighted by Crippen LogP contribution is -2.16. The van der Waals surface area contributed by atoms with Gasteiger partial charge in [-0.25, -0.2) is 0 Å². The average molecular weight is 336 g/mol. The second-order valence-corrected chi connectivity index (χ2v) is 5.97. The van der Waals surface area contributed by atoms with Crippen molar-refractivity contribution in [3.63, 3.8) is 0 Å². The van der Waals surface area contributed by atoms with Crippen LogP contribution in [0.5, 0.6) is 0 Å². The Hall–Kier alpha value is -2.92. The third kappa shape index (κ3) is 4.33. The highest BCUT2D eigenvalue weighted by Gasteiger charge is 2.06. The molecule has 0 amide bonds. The third-order valence-electron chi connectivity index (χ3n) is 3.71. The summed E-state index contributed by atoms with van der Waals surface area (Å²) in [6.07, 6.45) is 1.65. The van der Waals surface area contributed by atoms with Crippen molar-refractivity contribution in [2.24, 2.45) is 5.16 Å². The van der Waals surface area contributed by atoms with Gasteiger partial charge in [-0.3, -0.25) is 4.79 Å². The molecule has 0 atom stereocenters. The molecule has 3 rings (SSSR count). The first kappa shape index (κ1) is 16.9. The van der Waals surface area contributed by atoms with Crippen molar-refractivity contribution in [3.05, 3.63) is 70.4 Å². The highest BCUT2D eigenvalue weighted by Crippen LogP contribution is 2.22. The fourth-order valence-electron chi connectivity index (χ4n) is 2.39. The Kier molecular flexibility index (Phi) is 5.26. The van der Waals surface area contributed by atoms with Crippen LogP contribution >= 0.6 is 0 Å². The Morgan fingerprint density at radius 3 is 2.80 bits per heavy atom. The molecule has 5 heteroatoms. The van der Waals surface area contributed by atoms with Crippen LogP contribution in [0.25, 0.3) is 22.3 Å². The SMILES string of the molecule is CN(C)CCO/N=C/c1cccc(-c2cc(=O)c3ccccc3o2)c1. The number of benzene rings is 2. The topological polar surface area (TPSA) is 55.0 Å². The summed E-state index contributed by atoms with van der Waals surface area (Å²) in [7, 11) is 3.96. The van der Waals surface area contributed by atoms with Gasteiger partial charge in [0, 0.05) is 18.2 Å². The number of hydrogen-bond donors (Lipinski definition) is 0. The van der Waals surface area contributed by atoms with Crippen LogP contribution in [0.15, 0.2) is 69.0 Å². The smallest absolute Gasteiger partial charge is 0.193 e. The van der Waals surface area contributed by atoms with Crippen LogP contribution in [0.2, 0.25) is 0 Å². The monoisotopic (exact) mass is 336 g/mol. The number of likely N-dealkylation sites (N-methyl/N-ethyl adjacent to an activating group) is 1. The van der Waals surface area contributed by atoms with E-state index in [2.05, 4.69) is 5.16 Å². The maximum atomic E-state index is 12.2. The number of para-hydroxylation sites is 1. The minimum absolute atomic E-state index is 0.0528. The van der Waals surface area contributed by atoms with E-state index in [0.717, 1.165) is 17.7 Å². The zero-order valence-corrected chi connectivity index (χ0v) is 14.3. The summed E-state index contributed by atoms with van der Waals surface area (Å²) in [5, 5.41) is 4.55. The molecule has 0 aliphatic carbocycles. The number of oxime groups is 1. The molecule has 0 fully saturated rings. The van der Waals surface area contributed by atoms with E-state index >= 15 is 0 Å². The summed E-state index contributed by atoms with van der Waals surface area (Å²) in [5.41, 5.74) is 2.22. The predicted octanol–water partition coefficient (Wildman–Crippen LogP) is 3.37. The van der Waals surface area contributed by atoms with Gasteiger partial charge < -0.3 is 14.2 Å². The van der Waals surface area contributed by atoms with Crippen LogP contribution in [0, 0.1) is 0 Å². The van der Waals surface area contributed by atoms with Crippen molar-refractivity contribution in [2.75, 3.05) is 27.2 Å². The lowest BCUT2D eigenvalue weighted by Gasteiger charge is -2.07. The van der Waals surface area contributed by atoms with Gasteiger partial charge in [0.05, 0.1) is 11.6 Å². The van der Waals surface area contributed by atoms with Crippen molar-refractivity contribution in [3.8, 4) is 11.3 Å². The molecule has 0 unspecified atom stereocenters. The molecular formula is C20H20N2O3. The van der Waals surface area contributed by atoms with E-state index < -0.39 is 0 Å². The zero-order valence-electron chi connectivity index (χ0n) is 14.3. The number of nitrogens with zero attached hydrogens (tertiary/aromatic N) is 2. The summed E-state index contributed by atoms with van der Waals surface area (Å²) in [5.74, 6) is 0.535. The quantitative estimate of drug-likeness (QED) is 0.393.